The molecule has 1 N–H and O–H groups in total. The molecule has 4 heterocycles. The van der Waals surface area contributed by atoms with Gasteiger partial charge in [0.05, 0.1) is 12.1 Å². The maximum atomic E-state index is 14.1. The first-order valence-corrected chi connectivity index (χ1v) is 13.8. The molecule has 240 valence electrons. The molecule has 0 bridgehead atoms. The number of ether oxygens (including phenoxy) is 2. The summed E-state index contributed by atoms with van der Waals surface area (Å²) in [5.41, 5.74) is -0.177. The molecule has 0 radical (unpaired) electrons. The number of hydrogen-bond acceptors (Lipinski definition) is 10. The normalized spacial score (nSPS) is 17.7. The number of esters is 2. The highest BCUT2D eigenvalue weighted by Crippen LogP contribution is 2.37. The Kier molecular flexibility index (Phi) is 9.91. The predicted molar refractivity (Wildman–Crippen MR) is 145 cm³/mol. The van der Waals surface area contributed by atoms with Crippen molar-refractivity contribution in [3.8, 4) is 0 Å². The van der Waals surface area contributed by atoms with Crippen LogP contribution in [0.15, 0.2) is 30.5 Å². The van der Waals surface area contributed by atoms with E-state index in [1.807, 2.05) is 0 Å². The second-order valence-corrected chi connectivity index (χ2v) is 10.7. The lowest BCUT2D eigenvalue weighted by atomic mass is 9.89. The highest BCUT2D eigenvalue weighted by Gasteiger charge is 2.39. The summed E-state index contributed by atoms with van der Waals surface area (Å²) in [7, 11) is 1.49. The maximum absolute atomic E-state index is 14.1. The molecule has 2 saturated heterocycles. The minimum atomic E-state index is -4.59. The quantitative estimate of drug-likeness (QED) is 0.326. The molecule has 16 heteroatoms. The Morgan fingerprint density at radius 2 is 1.82 bits per heavy atom. The van der Waals surface area contributed by atoms with Gasteiger partial charge < -0.3 is 29.3 Å². The third-order valence-corrected chi connectivity index (χ3v) is 7.49. The molecule has 2 aliphatic heterocycles. The first kappa shape index (κ1) is 32.8. The van der Waals surface area contributed by atoms with E-state index in [1.165, 1.54) is 28.7 Å². The van der Waals surface area contributed by atoms with Gasteiger partial charge in [-0.05, 0) is 55.5 Å². The monoisotopic (exact) mass is 629 g/mol. The van der Waals surface area contributed by atoms with Gasteiger partial charge in [-0.3, -0.25) is 4.79 Å². The lowest BCUT2D eigenvalue weighted by molar-refractivity contribution is -0.167. The van der Waals surface area contributed by atoms with Gasteiger partial charge in [-0.1, -0.05) is 0 Å². The van der Waals surface area contributed by atoms with Crippen LogP contribution in [0.3, 0.4) is 0 Å². The number of aromatic nitrogens is 2. The summed E-state index contributed by atoms with van der Waals surface area (Å²) in [6.45, 7) is -0.200. The molecule has 11 nitrogen and oxygen atoms in total. The van der Waals surface area contributed by atoms with Gasteiger partial charge in [-0.25, -0.2) is 28.3 Å². The number of pyridine rings is 2. The second-order valence-electron chi connectivity index (χ2n) is 10.7. The van der Waals surface area contributed by atoms with E-state index in [2.05, 4.69) is 14.7 Å². The van der Waals surface area contributed by atoms with Gasteiger partial charge in [0, 0.05) is 39.3 Å². The molecule has 4 rings (SSSR count). The van der Waals surface area contributed by atoms with Crippen LogP contribution in [0, 0.1) is 0 Å². The summed E-state index contributed by atoms with van der Waals surface area (Å²) in [5, 5.41) is 8.65. The minimum absolute atomic E-state index is 0.0303. The molecule has 0 saturated carbocycles. The van der Waals surface area contributed by atoms with E-state index >= 15 is 0 Å². The average molecular weight is 630 g/mol. The molecule has 0 aliphatic carbocycles. The Labute approximate surface area is 249 Å². The molecule has 2 aliphatic rings. The lowest BCUT2D eigenvalue weighted by Crippen LogP contribution is -2.44. The van der Waals surface area contributed by atoms with E-state index < -0.39 is 61.4 Å². The second kappa shape index (κ2) is 13.3. The molecule has 0 spiro atoms. The molecule has 0 aromatic carbocycles. The fourth-order valence-corrected chi connectivity index (χ4v) is 5.08. The highest BCUT2D eigenvalue weighted by molar-refractivity contribution is 5.84. The summed E-state index contributed by atoms with van der Waals surface area (Å²) < 4.78 is 77.7. The number of aliphatic hydroxyl groups excluding tert-OH is 1. The van der Waals surface area contributed by atoms with Crippen LogP contribution in [0.25, 0.3) is 0 Å². The zero-order chi connectivity index (χ0) is 32.2. The van der Waals surface area contributed by atoms with E-state index in [0.717, 1.165) is 23.9 Å². The number of carbonyl (C=O) groups excluding carboxylic acids is 3. The van der Waals surface area contributed by atoms with Crippen LogP contribution in [-0.4, -0.2) is 96.3 Å². The maximum Gasteiger partial charge on any atom is 0.416 e. The lowest BCUT2D eigenvalue weighted by Gasteiger charge is -2.34. The van der Waals surface area contributed by atoms with Gasteiger partial charge in [0.15, 0.2) is 12.7 Å². The van der Waals surface area contributed by atoms with Gasteiger partial charge >= 0.3 is 18.1 Å². The third kappa shape index (κ3) is 8.09. The van der Waals surface area contributed by atoms with Crippen molar-refractivity contribution in [3.05, 3.63) is 41.6 Å². The van der Waals surface area contributed by atoms with Crippen LogP contribution >= 0.6 is 0 Å². The third-order valence-electron chi connectivity index (χ3n) is 7.49. The Bertz CT molecular complexity index is 1370. The number of halogens is 5. The van der Waals surface area contributed by atoms with E-state index in [-0.39, 0.29) is 49.4 Å². The number of amides is 1. The summed E-state index contributed by atoms with van der Waals surface area (Å²) in [6.07, 6.45) is -4.14. The summed E-state index contributed by atoms with van der Waals surface area (Å²) in [6, 6.07) is 5.10. The van der Waals surface area contributed by atoms with Crippen LogP contribution in [-0.2, 0) is 30.0 Å². The van der Waals surface area contributed by atoms with Crippen molar-refractivity contribution in [2.75, 3.05) is 56.2 Å². The van der Waals surface area contributed by atoms with Crippen molar-refractivity contribution in [3.63, 3.8) is 0 Å². The predicted octanol–water partition coefficient (Wildman–Crippen LogP) is 3.28. The van der Waals surface area contributed by atoms with E-state index in [1.54, 1.807) is 12.1 Å². The molecule has 44 heavy (non-hydrogen) atoms. The van der Waals surface area contributed by atoms with Crippen LogP contribution < -0.4 is 9.80 Å². The van der Waals surface area contributed by atoms with Crippen LogP contribution in [0.5, 0.6) is 0 Å². The number of alkyl halides is 5. The van der Waals surface area contributed by atoms with Crippen LogP contribution in [0.2, 0.25) is 0 Å². The van der Waals surface area contributed by atoms with E-state index in [4.69, 9.17) is 9.84 Å². The smallest absolute Gasteiger partial charge is 0.416 e. The molecule has 2 fully saturated rings. The molecule has 1 amide bonds. The zero-order valence-corrected chi connectivity index (χ0v) is 24.0. The fourth-order valence-electron chi connectivity index (χ4n) is 5.08. The number of hydrogen-bond donors (Lipinski definition) is 1. The highest BCUT2D eigenvalue weighted by atomic mass is 19.4. The van der Waals surface area contributed by atoms with Crippen molar-refractivity contribution in [1.29, 1.82) is 0 Å². The van der Waals surface area contributed by atoms with Crippen LogP contribution in [0.4, 0.5) is 39.4 Å². The fraction of sp³-hybridized carbons (Fsp3) is 0.536. The number of anilines is 3. The van der Waals surface area contributed by atoms with E-state index in [9.17, 15) is 36.3 Å². The first-order chi connectivity index (χ1) is 20.7. The van der Waals surface area contributed by atoms with Crippen molar-refractivity contribution in [2.24, 2.45) is 0 Å². The molecule has 2 aromatic heterocycles. The van der Waals surface area contributed by atoms with Gasteiger partial charge in [-0.2, -0.15) is 13.2 Å². The molecule has 2 aromatic rings. The first-order valence-electron chi connectivity index (χ1n) is 13.8. The summed E-state index contributed by atoms with van der Waals surface area (Å²) in [5.74, 6) is -5.02. The van der Waals surface area contributed by atoms with Gasteiger partial charge in [-0.15, -0.1) is 0 Å². The number of aliphatic hydroxyl groups is 1. The van der Waals surface area contributed by atoms with Crippen molar-refractivity contribution in [2.45, 2.75) is 50.3 Å². The minimum Gasteiger partial charge on any atom is -0.452 e. The molecule has 1 atom stereocenters. The van der Waals surface area contributed by atoms with Gasteiger partial charge in [0.2, 0.25) is 0 Å². The standard InChI is InChI=1S/C28H32F5N5O6/c1-17(44-25(41)15-43-24(40)14-39)26(42)37-8-4-18(5-9-37)19-11-22(35-23(12-19)38-10-6-27(29,30)16-38)36(2)21-13-20(3-7-34-21)28(31,32)33/h3,7,11-13,17-18,39H,4-6,8-10,14-16H2,1-2H3. The van der Waals surface area contributed by atoms with E-state index in [0.29, 0.717) is 12.8 Å². The Hall–Kier alpha value is -4.08. The number of likely N-dealkylation sites (tertiary alicyclic amines) is 1. The number of rotatable bonds is 9. The zero-order valence-electron chi connectivity index (χ0n) is 24.0. The SMILES string of the molecule is CC(OC(=O)COC(=O)CO)C(=O)N1CCC(c2cc(N3CCC(F)(F)C3)nc(N(C)c3cc(C(F)(F)F)ccn3)c2)CC1. The largest absolute Gasteiger partial charge is 0.452 e. The van der Waals surface area contributed by atoms with Crippen molar-refractivity contribution < 1.29 is 50.9 Å². The summed E-state index contributed by atoms with van der Waals surface area (Å²) >= 11 is 0. The molecular formula is C28H32F5N5O6. The Morgan fingerprint density at radius 1 is 1.11 bits per heavy atom. The molecule has 1 unspecified atom stereocenters. The summed E-state index contributed by atoms with van der Waals surface area (Å²) in [4.78, 5) is 48.6. The number of carbonyl (C=O) groups is 3. The Balaban J connectivity index is 1.50. The average Bonchev–Trinajstić information content (AvgIpc) is 3.38. The number of piperidine rings is 1. The van der Waals surface area contributed by atoms with Crippen molar-refractivity contribution in [1.82, 2.24) is 14.9 Å². The van der Waals surface area contributed by atoms with Crippen LogP contribution in [0.1, 0.15) is 43.2 Å². The topological polar surface area (TPSA) is 125 Å². The Morgan fingerprint density at radius 3 is 2.43 bits per heavy atom. The van der Waals surface area contributed by atoms with Crippen molar-refractivity contribution >= 4 is 35.3 Å². The molecular weight excluding hydrogens is 597 g/mol. The van der Waals surface area contributed by atoms with Gasteiger partial charge in [0.1, 0.15) is 24.1 Å². The van der Waals surface area contributed by atoms with Gasteiger partial charge in [0.25, 0.3) is 11.8 Å². The number of nitrogens with zero attached hydrogens (tertiary/aromatic N) is 5.